The van der Waals surface area contributed by atoms with Gasteiger partial charge in [-0.15, -0.1) is 0 Å². The summed E-state index contributed by atoms with van der Waals surface area (Å²) in [6, 6.07) is 11.8. The monoisotopic (exact) mass is 413 g/mol. The molecule has 0 saturated carbocycles. The van der Waals surface area contributed by atoms with Crippen LogP contribution < -0.4 is 11.0 Å². The van der Waals surface area contributed by atoms with Crippen LogP contribution in [0, 0.1) is 0 Å². The van der Waals surface area contributed by atoms with Crippen LogP contribution in [0.3, 0.4) is 0 Å². The predicted octanol–water partition coefficient (Wildman–Crippen LogP) is 2.03. The van der Waals surface area contributed by atoms with Crippen LogP contribution in [0.4, 0.5) is 11.6 Å². The van der Waals surface area contributed by atoms with E-state index in [4.69, 9.17) is 20.0 Å². The molecule has 10 heteroatoms. The number of aliphatic imine (C=N–C) groups is 2. The molecule has 0 spiro atoms. The van der Waals surface area contributed by atoms with Crippen molar-refractivity contribution in [3.63, 3.8) is 0 Å². The molecule has 8 heterocycles. The van der Waals surface area contributed by atoms with E-state index < -0.39 is 0 Å². The maximum atomic E-state index is 5.05. The van der Waals surface area contributed by atoms with Crippen molar-refractivity contribution in [3.8, 4) is 0 Å². The standard InChI is InChI=1S/C22H12BN9/c1-23-31-19-12-6-3-9-25-15(12)21(31)30-22-16-13(7-4-10-26-16)20(32(22)23)29-18-14-11(5-2-8-24-14)17(27-18)28-19/h2-10H,1H3. The third-order valence-electron chi connectivity index (χ3n) is 6.29. The lowest BCUT2D eigenvalue weighted by Gasteiger charge is -2.20. The molecule has 4 bridgehead atoms. The normalized spacial score (nSPS) is 15.2. The Bertz CT molecular complexity index is 1860. The Morgan fingerprint density at radius 3 is 2.34 bits per heavy atom. The molecule has 5 aromatic rings. The second-order valence-electron chi connectivity index (χ2n) is 7.96. The van der Waals surface area contributed by atoms with Gasteiger partial charge in [-0.3, -0.25) is 15.0 Å². The van der Waals surface area contributed by atoms with E-state index in [1.807, 2.05) is 36.4 Å². The first-order valence-electron chi connectivity index (χ1n) is 10.3. The quantitative estimate of drug-likeness (QED) is 0.364. The summed E-state index contributed by atoms with van der Waals surface area (Å²) in [6.45, 7) is 1.99. The summed E-state index contributed by atoms with van der Waals surface area (Å²) < 4.78 is 4.22. The lowest BCUT2D eigenvalue weighted by Crippen LogP contribution is -2.46. The van der Waals surface area contributed by atoms with E-state index in [-0.39, 0.29) is 6.98 Å². The van der Waals surface area contributed by atoms with E-state index in [9.17, 15) is 0 Å². The first-order chi connectivity index (χ1) is 15.8. The summed E-state index contributed by atoms with van der Waals surface area (Å²) in [7, 11) is 0. The van der Waals surface area contributed by atoms with E-state index in [2.05, 4.69) is 30.7 Å². The molecule has 9 nitrogen and oxygen atoms in total. The van der Waals surface area contributed by atoms with Gasteiger partial charge in [0.25, 0.3) is 0 Å². The summed E-state index contributed by atoms with van der Waals surface area (Å²) in [4.78, 5) is 33.7. The van der Waals surface area contributed by atoms with Crippen molar-refractivity contribution < 1.29 is 0 Å². The number of amidine groups is 2. The van der Waals surface area contributed by atoms with Gasteiger partial charge in [-0.25, -0.2) is 20.0 Å². The largest absolute Gasteiger partial charge is 0.386 e. The number of rotatable bonds is 0. The molecule has 0 unspecified atom stereocenters. The third-order valence-corrected chi connectivity index (χ3v) is 6.29. The average molecular weight is 413 g/mol. The fourth-order valence-electron chi connectivity index (χ4n) is 4.92. The minimum absolute atomic E-state index is 0.131. The van der Waals surface area contributed by atoms with Gasteiger partial charge in [0.05, 0.1) is 0 Å². The zero-order chi connectivity index (χ0) is 21.0. The zero-order valence-corrected chi connectivity index (χ0v) is 16.8. The molecule has 148 valence electrons. The van der Waals surface area contributed by atoms with Crippen molar-refractivity contribution in [1.82, 2.24) is 23.9 Å². The van der Waals surface area contributed by atoms with Gasteiger partial charge in [-0.1, -0.05) is 0 Å². The SMILES string of the molecule is CB1n2c3c4cccnc4c2N=c2c4ncccc4c(n21)=NC1=NC(=N3)c2ncccc21. The van der Waals surface area contributed by atoms with Crippen LogP contribution in [0.15, 0.2) is 75.0 Å². The van der Waals surface area contributed by atoms with Crippen LogP contribution in [0.2, 0.25) is 6.82 Å². The van der Waals surface area contributed by atoms with E-state index in [0.717, 1.165) is 55.7 Å². The van der Waals surface area contributed by atoms with E-state index >= 15 is 0 Å². The smallest absolute Gasteiger partial charge is 0.332 e. The average Bonchev–Trinajstić information content (AvgIpc) is 3.45. The van der Waals surface area contributed by atoms with Crippen LogP contribution in [-0.4, -0.2) is 42.6 Å². The van der Waals surface area contributed by atoms with Crippen LogP contribution in [0.1, 0.15) is 11.3 Å². The van der Waals surface area contributed by atoms with Crippen molar-refractivity contribution >= 4 is 52.1 Å². The summed E-state index contributed by atoms with van der Waals surface area (Å²) in [5.74, 6) is 2.67. The highest BCUT2D eigenvalue weighted by atomic mass is 15.3. The minimum Gasteiger partial charge on any atom is -0.332 e. The number of hydrogen-bond acceptors (Lipinski definition) is 7. The first kappa shape index (κ1) is 16.3. The van der Waals surface area contributed by atoms with Crippen molar-refractivity contribution in [2.75, 3.05) is 0 Å². The Morgan fingerprint density at radius 1 is 0.656 bits per heavy atom. The summed E-state index contributed by atoms with van der Waals surface area (Å²) in [6.07, 6.45) is 5.33. The molecule has 0 N–H and O–H groups in total. The summed E-state index contributed by atoms with van der Waals surface area (Å²) in [5.41, 5.74) is 4.75. The van der Waals surface area contributed by atoms with Gasteiger partial charge < -0.3 is 8.96 Å². The first-order valence-corrected chi connectivity index (χ1v) is 10.3. The maximum Gasteiger partial charge on any atom is 0.386 e. The molecule has 0 atom stereocenters. The van der Waals surface area contributed by atoms with Crippen molar-refractivity contribution in [2.45, 2.75) is 6.82 Å². The maximum absolute atomic E-state index is 5.05. The van der Waals surface area contributed by atoms with E-state index in [0.29, 0.717) is 11.7 Å². The molecule has 0 fully saturated rings. The fraction of sp³-hybridized carbons (Fsp3) is 0.0455. The van der Waals surface area contributed by atoms with Gasteiger partial charge >= 0.3 is 6.98 Å². The van der Waals surface area contributed by atoms with Crippen molar-refractivity contribution in [1.29, 1.82) is 0 Å². The number of nitrogens with zero attached hydrogens (tertiary/aromatic N) is 9. The highest BCUT2D eigenvalue weighted by Gasteiger charge is 2.34. The second-order valence-corrected chi connectivity index (χ2v) is 7.96. The minimum atomic E-state index is -0.131. The number of fused-ring (bicyclic) bond motifs is 10. The molecule has 0 saturated heterocycles. The fourth-order valence-corrected chi connectivity index (χ4v) is 4.92. The highest BCUT2D eigenvalue weighted by Crippen LogP contribution is 2.39. The van der Waals surface area contributed by atoms with E-state index in [1.54, 1.807) is 18.6 Å². The molecule has 3 aliphatic heterocycles. The van der Waals surface area contributed by atoms with Crippen LogP contribution in [0.5, 0.6) is 0 Å². The molecule has 5 aromatic heterocycles. The Morgan fingerprint density at radius 2 is 1.44 bits per heavy atom. The van der Waals surface area contributed by atoms with Gasteiger partial charge in [-0.05, 0) is 43.2 Å². The molecule has 0 radical (unpaired) electrons. The van der Waals surface area contributed by atoms with Gasteiger partial charge in [0, 0.05) is 34.9 Å². The Labute approximate surface area is 180 Å². The molecule has 0 aliphatic carbocycles. The molecule has 0 amide bonds. The number of hydrogen-bond donors (Lipinski definition) is 0. The molecular formula is C22H12BN9. The lowest BCUT2D eigenvalue weighted by molar-refractivity contribution is 0.917. The zero-order valence-electron chi connectivity index (χ0n) is 16.8. The Kier molecular flexibility index (Phi) is 2.75. The molecule has 8 rings (SSSR count). The van der Waals surface area contributed by atoms with Crippen molar-refractivity contribution in [3.05, 3.63) is 77.2 Å². The molecule has 3 aliphatic rings. The van der Waals surface area contributed by atoms with Gasteiger partial charge in [-0.2, -0.15) is 0 Å². The van der Waals surface area contributed by atoms with Crippen LogP contribution in [0.25, 0.3) is 21.8 Å². The topological polar surface area (TPSA) is 98.0 Å². The Hall–Kier alpha value is -4.47. The predicted molar refractivity (Wildman–Crippen MR) is 121 cm³/mol. The highest BCUT2D eigenvalue weighted by molar-refractivity contribution is 6.56. The second kappa shape index (κ2) is 5.41. The van der Waals surface area contributed by atoms with Gasteiger partial charge in [0.1, 0.15) is 28.0 Å². The molecular weight excluding hydrogens is 401 g/mol. The third kappa shape index (κ3) is 1.80. The molecule has 0 aromatic carbocycles. The van der Waals surface area contributed by atoms with Crippen molar-refractivity contribution in [2.24, 2.45) is 20.0 Å². The van der Waals surface area contributed by atoms with Crippen LogP contribution in [-0.2, 0) is 0 Å². The van der Waals surface area contributed by atoms with Gasteiger partial charge in [0.15, 0.2) is 23.0 Å². The summed E-state index contributed by atoms with van der Waals surface area (Å²) >= 11 is 0. The number of aromatic nitrogens is 5. The molecule has 32 heavy (non-hydrogen) atoms. The Balaban J connectivity index is 1.69. The van der Waals surface area contributed by atoms with Gasteiger partial charge in [0.2, 0.25) is 0 Å². The lowest BCUT2D eigenvalue weighted by atomic mass is 9.78. The van der Waals surface area contributed by atoms with E-state index in [1.165, 1.54) is 0 Å². The number of pyridine rings is 3. The van der Waals surface area contributed by atoms with Crippen LogP contribution >= 0.6 is 0 Å². The summed E-state index contributed by atoms with van der Waals surface area (Å²) in [5, 5.41) is 1.86.